The molecule has 0 bridgehead atoms. The van der Waals surface area contributed by atoms with E-state index in [1.165, 1.54) is 28.0 Å². The number of nitrogens with zero attached hydrogens (tertiary/aromatic N) is 7. The molecule has 1 unspecified atom stereocenters. The Bertz CT molecular complexity index is 1480. The van der Waals surface area contributed by atoms with Crippen molar-refractivity contribution >= 4 is 46.5 Å². The Hall–Kier alpha value is -3.64. The van der Waals surface area contributed by atoms with Gasteiger partial charge >= 0.3 is 0 Å². The van der Waals surface area contributed by atoms with Crippen LogP contribution in [-0.4, -0.2) is 75.7 Å². The van der Waals surface area contributed by atoms with Crippen molar-refractivity contribution in [2.75, 3.05) is 53.3 Å². The van der Waals surface area contributed by atoms with E-state index in [9.17, 15) is 27.9 Å². The number of anilines is 3. The van der Waals surface area contributed by atoms with Crippen molar-refractivity contribution in [1.82, 2.24) is 15.0 Å². The van der Waals surface area contributed by atoms with E-state index in [1.807, 2.05) is 4.90 Å². The van der Waals surface area contributed by atoms with Gasteiger partial charge in [-0.25, -0.2) is 13.8 Å². The highest BCUT2D eigenvalue weighted by Gasteiger charge is 2.59. The lowest BCUT2D eigenvalue weighted by atomic mass is 10.1. The molecule has 2 aliphatic heterocycles. The number of carbonyl (C=O) groups excluding carboxylic acids is 1. The molecule has 3 aromatic rings. The Kier molecular flexibility index (Phi) is 7.03. The summed E-state index contributed by atoms with van der Waals surface area (Å²) in [5, 5.41) is 13.4. The molecule has 2 N–H and O–H groups in total. The van der Waals surface area contributed by atoms with Crippen molar-refractivity contribution in [3.05, 3.63) is 53.9 Å². The van der Waals surface area contributed by atoms with E-state index in [0.29, 0.717) is 60.2 Å². The lowest BCUT2D eigenvalue weighted by Crippen LogP contribution is -2.49. The number of halogens is 3. The predicted octanol–water partition coefficient (Wildman–Crippen LogP) is 4.48. The third-order valence-corrected chi connectivity index (χ3v) is 9.27. The molecule has 1 saturated heterocycles. The van der Waals surface area contributed by atoms with Gasteiger partial charge in [0.05, 0.1) is 22.6 Å². The minimum atomic E-state index is -3.47. The summed E-state index contributed by atoms with van der Waals surface area (Å²) in [7, 11) is -1.96. The normalized spacial score (nSPS) is 21.4. The van der Waals surface area contributed by atoms with Crippen molar-refractivity contribution in [1.29, 1.82) is 5.26 Å². The average molecular weight is 594 g/mol. The summed E-state index contributed by atoms with van der Waals surface area (Å²) in [6.45, 7) is 1.60. The number of benzene rings is 1. The summed E-state index contributed by atoms with van der Waals surface area (Å²) in [4.78, 5) is 21.0. The maximum absolute atomic E-state index is 13.6. The highest BCUT2D eigenvalue weighted by molar-refractivity contribution is 8.26. The molecule has 1 saturated carbocycles. The Morgan fingerprint density at radius 3 is 2.52 bits per heavy atom. The molecule has 0 spiro atoms. The van der Waals surface area contributed by atoms with Gasteiger partial charge in [0, 0.05) is 63.7 Å². The summed E-state index contributed by atoms with van der Waals surface area (Å²) in [6, 6.07) is 12.2. The van der Waals surface area contributed by atoms with Crippen LogP contribution < -0.4 is 13.5 Å². The van der Waals surface area contributed by atoms with Gasteiger partial charge < -0.3 is 14.3 Å². The highest BCUT2D eigenvalue weighted by atomic mass is 35.5. The van der Waals surface area contributed by atoms with E-state index < -0.39 is 22.8 Å². The summed E-state index contributed by atoms with van der Waals surface area (Å²) in [5.74, 6) is -3.44. The molecule has 2 fully saturated rings. The molecule has 1 atom stereocenters. The monoisotopic (exact) mass is 593 g/mol. The number of pyridine rings is 1. The number of amides is 1. The molecule has 3 aliphatic rings. The second-order valence-corrected chi connectivity index (χ2v) is 11.7. The number of aromatic nitrogens is 2. The number of rotatable bonds is 5. The molecule has 15 heteroatoms. The SMILES string of the molecule is CN1c2cc(-c3ccc(C#N)c(N4CCN(C(=O)c5ccon5)CC4)n3)ccc2N(CC2CC2(F)F)S1(O)O.Cl. The first kappa shape index (κ1) is 27.9. The number of hydrogen-bond acceptors (Lipinski definition) is 10. The first-order chi connectivity index (χ1) is 18.6. The van der Waals surface area contributed by atoms with E-state index in [2.05, 4.69) is 11.2 Å². The van der Waals surface area contributed by atoms with Gasteiger partial charge in [0.15, 0.2) is 5.69 Å². The van der Waals surface area contributed by atoms with Crippen LogP contribution in [0.25, 0.3) is 11.3 Å². The van der Waals surface area contributed by atoms with Crippen molar-refractivity contribution in [3.63, 3.8) is 0 Å². The van der Waals surface area contributed by atoms with E-state index in [0.717, 1.165) is 0 Å². The molecular weight excluding hydrogens is 568 g/mol. The summed E-state index contributed by atoms with van der Waals surface area (Å²) < 4.78 is 56.1. The van der Waals surface area contributed by atoms with Gasteiger partial charge in [0.2, 0.25) is 0 Å². The molecule has 6 rings (SSSR count). The van der Waals surface area contributed by atoms with Crippen LogP contribution >= 0.6 is 23.4 Å². The number of nitriles is 1. The van der Waals surface area contributed by atoms with E-state index in [4.69, 9.17) is 9.51 Å². The fourth-order valence-corrected chi connectivity index (χ4v) is 6.47. The number of carbonyl (C=O) groups is 1. The summed E-state index contributed by atoms with van der Waals surface area (Å²) >= 11 is 0. The molecule has 1 amide bonds. The second kappa shape index (κ2) is 10.1. The van der Waals surface area contributed by atoms with Crippen molar-refractivity contribution in [2.24, 2.45) is 5.92 Å². The molecule has 4 heterocycles. The van der Waals surface area contributed by atoms with Gasteiger partial charge in [-0.3, -0.25) is 22.5 Å². The summed E-state index contributed by atoms with van der Waals surface area (Å²) in [5.41, 5.74) is 2.81. The van der Waals surface area contributed by atoms with Gasteiger partial charge in [0.25, 0.3) is 11.8 Å². The van der Waals surface area contributed by atoms with Gasteiger partial charge in [-0.2, -0.15) is 5.26 Å². The maximum Gasteiger partial charge on any atom is 0.276 e. The third-order valence-electron chi connectivity index (χ3n) is 7.40. The van der Waals surface area contributed by atoms with Crippen LogP contribution in [0.3, 0.4) is 0 Å². The van der Waals surface area contributed by atoms with Crippen LogP contribution in [0.2, 0.25) is 0 Å². The van der Waals surface area contributed by atoms with Gasteiger partial charge in [-0.1, -0.05) is 11.2 Å². The molecule has 1 aliphatic carbocycles. The zero-order chi connectivity index (χ0) is 27.5. The number of hydrogen-bond donors (Lipinski definition) is 2. The number of alkyl halides is 2. The fourth-order valence-electron chi connectivity index (χ4n) is 4.97. The van der Waals surface area contributed by atoms with Crippen LogP contribution in [0.4, 0.5) is 26.0 Å². The van der Waals surface area contributed by atoms with E-state index in [1.54, 1.807) is 35.2 Å². The fraction of sp³-hybridized carbons (Fsp3) is 0.360. The predicted molar refractivity (Wildman–Crippen MR) is 148 cm³/mol. The van der Waals surface area contributed by atoms with E-state index in [-0.39, 0.29) is 37.0 Å². The standard InChI is InChI=1S/C25H25F2N7O4S.ClH/c1-31-22-12-16(3-5-21(22)34(39(31,36)37)15-18-13-25(18,26)27)19-4-2-17(14-28)23(29-19)32-7-9-33(10-8-32)24(35)20-6-11-38-30-20;/h2-6,11-12,18,36-37H,7-10,13,15H2,1H3;1H. The Morgan fingerprint density at radius 1 is 1.18 bits per heavy atom. The first-order valence-corrected chi connectivity index (χ1v) is 13.7. The second-order valence-electron chi connectivity index (χ2n) is 9.76. The van der Waals surface area contributed by atoms with Crippen LogP contribution in [0.1, 0.15) is 22.5 Å². The third kappa shape index (κ3) is 4.68. The zero-order valence-electron chi connectivity index (χ0n) is 21.3. The minimum Gasteiger partial charge on any atom is -0.364 e. The van der Waals surface area contributed by atoms with E-state index >= 15 is 0 Å². The van der Waals surface area contributed by atoms with Crippen molar-refractivity contribution in [3.8, 4) is 17.3 Å². The van der Waals surface area contributed by atoms with Crippen LogP contribution in [-0.2, 0) is 0 Å². The molecule has 212 valence electrons. The Morgan fingerprint density at radius 2 is 1.90 bits per heavy atom. The number of fused-ring (bicyclic) bond motifs is 1. The van der Waals surface area contributed by atoms with Crippen LogP contribution in [0.5, 0.6) is 0 Å². The molecular formula is C25H26ClF2N7O4S. The van der Waals surface area contributed by atoms with Gasteiger partial charge in [0.1, 0.15) is 18.2 Å². The van der Waals surface area contributed by atoms with Gasteiger partial charge in [-0.05, 0) is 35.2 Å². The van der Waals surface area contributed by atoms with Crippen LogP contribution in [0.15, 0.2) is 47.2 Å². The molecule has 40 heavy (non-hydrogen) atoms. The molecule has 11 nitrogen and oxygen atoms in total. The highest BCUT2D eigenvalue weighted by Crippen LogP contribution is 2.63. The Balaban J connectivity index is 0.00000323. The summed E-state index contributed by atoms with van der Waals surface area (Å²) in [6.07, 6.45) is 1.08. The van der Waals surface area contributed by atoms with Crippen LogP contribution in [0, 0.1) is 17.2 Å². The van der Waals surface area contributed by atoms with Gasteiger partial charge in [-0.15, -0.1) is 12.4 Å². The van der Waals surface area contributed by atoms with Crippen molar-refractivity contribution < 1.29 is 27.2 Å². The zero-order valence-corrected chi connectivity index (χ0v) is 22.9. The average Bonchev–Trinajstić information content (AvgIpc) is 3.24. The largest absolute Gasteiger partial charge is 0.364 e. The lowest BCUT2D eigenvalue weighted by molar-refractivity contribution is 0.0736. The maximum atomic E-state index is 13.6. The molecule has 1 aromatic carbocycles. The number of piperazine rings is 1. The first-order valence-electron chi connectivity index (χ1n) is 12.3. The smallest absolute Gasteiger partial charge is 0.276 e. The van der Waals surface area contributed by atoms with Crippen molar-refractivity contribution in [2.45, 2.75) is 12.3 Å². The lowest BCUT2D eigenvalue weighted by Gasteiger charge is -2.42. The Labute approximate surface area is 236 Å². The molecule has 2 aromatic heterocycles. The topological polar surface area (TPSA) is 133 Å². The quantitative estimate of drug-likeness (QED) is 0.436. The molecule has 0 radical (unpaired) electrons. The minimum absolute atomic E-state index is 0.